The molecule has 6 heteroatoms. The molecule has 1 aromatic rings. The zero-order valence-corrected chi connectivity index (χ0v) is 17.1. The molecule has 2 rings (SSSR count). The third-order valence-corrected chi connectivity index (χ3v) is 3.83. The summed E-state index contributed by atoms with van der Waals surface area (Å²) in [7, 11) is 0. The number of benzene rings is 1. The van der Waals surface area contributed by atoms with E-state index in [0.29, 0.717) is 18.9 Å². The molecule has 3 N–H and O–H groups in total. The van der Waals surface area contributed by atoms with Gasteiger partial charge in [-0.25, -0.2) is 0 Å². The van der Waals surface area contributed by atoms with Gasteiger partial charge >= 0.3 is 0 Å². The van der Waals surface area contributed by atoms with Gasteiger partial charge in [0.15, 0.2) is 5.96 Å². The first kappa shape index (κ1) is 20.7. The maximum Gasteiger partial charge on any atom is 0.223 e. The van der Waals surface area contributed by atoms with E-state index >= 15 is 0 Å². The number of amides is 1. The van der Waals surface area contributed by atoms with Gasteiger partial charge in [0.1, 0.15) is 0 Å². The van der Waals surface area contributed by atoms with Crippen molar-refractivity contribution in [2.45, 2.75) is 39.2 Å². The summed E-state index contributed by atoms with van der Waals surface area (Å²) in [6.07, 6.45) is 1.47. The number of hydrogen-bond donors (Lipinski definition) is 2. The summed E-state index contributed by atoms with van der Waals surface area (Å²) in [6, 6.07) is 10.3. The van der Waals surface area contributed by atoms with E-state index in [1.165, 1.54) is 5.56 Å². The molecule has 1 atom stereocenters. The average Bonchev–Trinajstić information content (AvgIpc) is 2.83. The second-order valence-electron chi connectivity index (χ2n) is 7.25. The molecule has 1 saturated heterocycles. The number of guanidine groups is 1. The Balaban J connectivity index is 0.00000288. The zero-order chi connectivity index (χ0) is 16.9. The van der Waals surface area contributed by atoms with Crippen LogP contribution in [0.5, 0.6) is 0 Å². The Labute approximate surface area is 162 Å². The van der Waals surface area contributed by atoms with Crippen molar-refractivity contribution in [1.29, 1.82) is 0 Å². The molecule has 1 aliphatic heterocycles. The van der Waals surface area contributed by atoms with Crippen LogP contribution in [0.25, 0.3) is 0 Å². The smallest absolute Gasteiger partial charge is 0.223 e. The molecule has 1 amide bonds. The van der Waals surface area contributed by atoms with Crippen LogP contribution in [0, 0.1) is 5.92 Å². The third kappa shape index (κ3) is 7.07. The first-order valence-electron chi connectivity index (χ1n) is 8.23. The summed E-state index contributed by atoms with van der Waals surface area (Å²) in [5.41, 5.74) is 7.05. The predicted octanol–water partition coefficient (Wildman–Crippen LogP) is 2.40. The summed E-state index contributed by atoms with van der Waals surface area (Å²) in [6.45, 7) is 8.28. The minimum Gasteiger partial charge on any atom is -0.370 e. The summed E-state index contributed by atoms with van der Waals surface area (Å²) >= 11 is 0. The maximum absolute atomic E-state index is 12.1. The van der Waals surface area contributed by atoms with Crippen molar-refractivity contribution in [3.8, 4) is 0 Å². The van der Waals surface area contributed by atoms with Crippen LogP contribution >= 0.6 is 24.0 Å². The number of carbonyl (C=O) groups excluding carboxylic acids is 1. The quantitative estimate of drug-likeness (QED) is 0.416. The highest BCUT2D eigenvalue weighted by atomic mass is 127. The van der Waals surface area contributed by atoms with Gasteiger partial charge in [-0.05, 0) is 32.8 Å². The minimum absolute atomic E-state index is 0. The summed E-state index contributed by atoms with van der Waals surface area (Å²) in [4.78, 5) is 18.4. The fourth-order valence-electron chi connectivity index (χ4n) is 2.75. The number of nitrogens with two attached hydrogens (primary N) is 1. The van der Waals surface area contributed by atoms with Crippen LogP contribution in [0.4, 0.5) is 0 Å². The summed E-state index contributed by atoms with van der Waals surface area (Å²) in [5, 5.41) is 3.14. The number of aliphatic imine (C=N–C) groups is 1. The van der Waals surface area contributed by atoms with Crippen molar-refractivity contribution in [3.63, 3.8) is 0 Å². The molecular formula is C18H29IN4O. The van der Waals surface area contributed by atoms with E-state index in [2.05, 4.69) is 22.4 Å². The number of nitrogens with zero attached hydrogens (tertiary/aromatic N) is 2. The van der Waals surface area contributed by atoms with Gasteiger partial charge in [0.2, 0.25) is 5.91 Å². The molecule has 1 unspecified atom stereocenters. The van der Waals surface area contributed by atoms with Gasteiger partial charge in [-0.3, -0.25) is 9.79 Å². The van der Waals surface area contributed by atoms with Crippen LogP contribution in [-0.2, 0) is 11.2 Å². The normalized spacial score (nSPS) is 18.5. The highest BCUT2D eigenvalue weighted by Gasteiger charge is 2.29. The number of halogens is 1. The van der Waals surface area contributed by atoms with Crippen molar-refractivity contribution in [2.75, 3.05) is 19.6 Å². The molecule has 0 spiro atoms. The Morgan fingerprint density at radius 3 is 2.62 bits per heavy atom. The number of hydrogen-bond acceptors (Lipinski definition) is 2. The number of likely N-dealkylation sites (tertiary alicyclic amines) is 1. The number of carbonyl (C=O) groups is 1. The van der Waals surface area contributed by atoms with E-state index in [1.807, 2.05) is 43.9 Å². The van der Waals surface area contributed by atoms with E-state index in [4.69, 9.17) is 5.73 Å². The van der Waals surface area contributed by atoms with Crippen LogP contribution in [0.2, 0.25) is 0 Å². The molecular weight excluding hydrogens is 415 g/mol. The lowest BCUT2D eigenvalue weighted by molar-refractivity contribution is -0.127. The Morgan fingerprint density at radius 1 is 1.33 bits per heavy atom. The SMILES string of the molecule is CC(C)(C)NC(N)=NCC1CC(=O)N(CCc2ccccc2)C1.I. The van der Waals surface area contributed by atoms with E-state index in [9.17, 15) is 4.79 Å². The molecule has 1 aromatic carbocycles. The summed E-state index contributed by atoms with van der Waals surface area (Å²) < 4.78 is 0. The van der Waals surface area contributed by atoms with Crippen LogP contribution in [-0.4, -0.2) is 41.9 Å². The van der Waals surface area contributed by atoms with Crippen molar-refractivity contribution in [3.05, 3.63) is 35.9 Å². The fraction of sp³-hybridized carbons (Fsp3) is 0.556. The Hall–Kier alpha value is -1.31. The predicted molar refractivity (Wildman–Crippen MR) is 110 cm³/mol. The number of nitrogens with one attached hydrogen (secondary N) is 1. The first-order valence-corrected chi connectivity index (χ1v) is 8.23. The lowest BCUT2D eigenvalue weighted by Crippen LogP contribution is -2.45. The molecule has 0 bridgehead atoms. The van der Waals surface area contributed by atoms with Gasteiger partial charge in [0.25, 0.3) is 0 Å². The van der Waals surface area contributed by atoms with E-state index in [0.717, 1.165) is 19.5 Å². The van der Waals surface area contributed by atoms with Crippen molar-refractivity contribution < 1.29 is 4.79 Å². The summed E-state index contributed by atoms with van der Waals surface area (Å²) in [5.74, 6) is 0.940. The molecule has 0 aromatic heterocycles. The highest BCUT2D eigenvalue weighted by molar-refractivity contribution is 14.0. The van der Waals surface area contributed by atoms with Crippen LogP contribution in [0.15, 0.2) is 35.3 Å². The molecule has 0 radical (unpaired) electrons. The monoisotopic (exact) mass is 444 g/mol. The van der Waals surface area contributed by atoms with E-state index < -0.39 is 0 Å². The lowest BCUT2D eigenvalue weighted by atomic mass is 10.1. The molecule has 1 aliphatic rings. The van der Waals surface area contributed by atoms with E-state index in [1.54, 1.807) is 0 Å². The van der Waals surface area contributed by atoms with Crippen molar-refractivity contribution >= 4 is 35.8 Å². The third-order valence-electron chi connectivity index (χ3n) is 3.83. The van der Waals surface area contributed by atoms with Gasteiger partial charge in [0, 0.05) is 37.5 Å². The van der Waals surface area contributed by atoms with Gasteiger partial charge in [-0.15, -0.1) is 24.0 Å². The van der Waals surface area contributed by atoms with Crippen molar-refractivity contribution in [2.24, 2.45) is 16.6 Å². The van der Waals surface area contributed by atoms with Crippen LogP contribution < -0.4 is 11.1 Å². The molecule has 134 valence electrons. The maximum atomic E-state index is 12.1. The standard InChI is InChI=1S/C18H28N4O.HI/c1-18(2,3)21-17(19)20-12-15-11-16(23)22(13-15)10-9-14-7-5-4-6-8-14;/h4-8,15H,9-13H2,1-3H3,(H3,19,20,21);1H. The van der Waals surface area contributed by atoms with Crippen molar-refractivity contribution in [1.82, 2.24) is 10.2 Å². The Kier molecular flexibility index (Phi) is 7.99. The molecule has 0 saturated carbocycles. The topological polar surface area (TPSA) is 70.7 Å². The molecule has 1 heterocycles. The molecule has 24 heavy (non-hydrogen) atoms. The molecule has 1 fully saturated rings. The Morgan fingerprint density at radius 2 is 2.00 bits per heavy atom. The zero-order valence-electron chi connectivity index (χ0n) is 14.8. The van der Waals surface area contributed by atoms with Crippen LogP contribution in [0.3, 0.4) is 0 Å². The highest BCUT2D eigenvalue weighted by Crippen LogP contribution is 2.18. The molecule has 0 aliphatic carbocycles. The minimum atomic E-state index is -0.0964. The van der Waals surface area contributed by atoms with Crippen LogP contribution in [0.1, 0.15) is 32.8 Å². The average molecular weight is 444 g/mol. The van der Waals surface area contributed by atoms with Gasteiger partial charge in [0.05, 0.1) is 0 Å². The van der Waals surface area contributed by atoms with E-state index in [-0.39, 0.29) is 41.3 Å². The molecule has 5 nitrogen and oxygen atoms in total. The first-order chi connectivity index (χ1) is 10.8. The lowest BCUT2D eigenvalue weighted by Gasteiger charge is -2.21. The largest absolute Gasteiger partial charge is 0.370 e. The second kappa shape index (κ2) is 9.25. The van der Waals surface area contributed by atoms with Gasteiger partial charge in [-0.1, -0.05) is 30.3 Å². The Bertz CT molecular complexity index is 554. The number of rotatable bonds is 5. The van der Waals surface area contributed by atoms with Gasteiger partial charge in [-0.2, -0.15) is 0 Å². The van der Waals surface area contributed by atoms with Gasteiger partial charge < -0.3 is 16.0 Å². The second-order valence-corrected chi connectivity index (χ2v) is 7.25. The fourth-order valence-corrected chi connectivity index (χ4v) is 2.75.